The predicted molar refractivity (Wildman–Crippen MR) is 79.8 cm³/mol. The summed E-state index contributed by atoms with van der Waals surface area (Å²) in [5.74, 6) is 1.78. The monoisotopic (exact) mass is 299 g/mol. The Morgan fingerprint density at radius 1 is 1.45 bits per heavy atom. The summed E-state index contributed by atoms with van der Waals surface area (Å²) in [7, 11) is 0. The number of alkyl halides is 1. The fraction of sp³-hybridized carbons (Fsp3) is 0.714. The molecule has 0 N–H and O–H groups in total. The van der Waals surface area contributed by atoms with Crippen molar-refractivity contribution >= 4 is 17.5 Å². The Kier molecular flexibility index (Phi) is 5.05. The molecule has 1 fully saturated rings. The van der Waals surface area contributed by atoms with Crippen LogP contribution in [0.3, 0.4) is 0 Å². The van der Waals surface area contributed by atoms with Gasteiger partial charge >= 0.3 is 0 Å². The van der Waals surface area contributed by atoms with E-state index in [0.29, 0.717) is 24.3 Å². The molecule has 1 saturated heterocycles. The third-order valence-corrected chi connectivity index (χ3v) is 3.30. The number of anilines is 1. The van der Waals surface area contributed by atoms with Crippen LogP contribution in [0.4, 0.5) is 5.95 Å². The molecule has 5 nitrogen and oxygen atoms in total. The van der Waals surface area contributed by atoms with Gasteiger partial charge in [0.25, 0.3) is 0 Å². The molecule has 2 rings (SSSR count). The first-order chi connectivity index (χ1) is 9.47. The van der Waals surface area contributed by atoms with Crippen LogP contribution in [-0.2, 0) is 4.74 Å². The van der Waals surface area contributed by atoms with Gasteiger partial charge in [0, 0.05) is 24.8 Å². The number of ether oxygens (including phenoxy) is 2. The average Bonchev–Trinajstić information content (AvgIpc) is 2.36. The van der Waals surface area contributed by atoms with Gasteiger partial charge in [0.05, 0.1) is 24.2 Å². The summed E-state index contributed by atoms with van der Waals surface area (Å²) < 4.78 is 11.4. The maximum Gasteiger partial charge on any atom is 0.229 e. The van der Waals surface area contributed by atoms with Crippen molar-refractivity contribution in [1.82, 2.24) is 9.97 Å². The van der Waals surface area contributed by atoms with Crippen molar-refractivity contribution < 1.29 is 9.47 Å². The minimum Gasteiger partial charge on any atom is -0.475 e. The van der Waals surface area contributed by atoms with Gasteiger partial charge in [-0.1, -0.05) is 0 Å². The number of morpholine rings is 1. The molecule has 1 aromatic rings. The molecule has 6 heteroatoms. The van der Waals surface area contributed by atoms with E-state index in [1.165, 1.54) is 0 Å². The van der Waals surface area contributed by atoms with Crippen LogP contribution in [0.2, 0.25) is 0 Å². The number of hydrogen-bond donors (Lipinski definition) is 0. The van der Waals surface area contributed by atoms with Crippen LogP contribution in [0.1, 0.15) is 26.5 Å². The molecule has 0 amide bonds. The summed E-state index contributed by atoms with van der Waals surface area (Å²) in [4.78, 5) is 11.1. The molecule has 1 aliphatic rings. The lowest BCUT2D eigenvalue weighted by molar-refractivity contribution is -0.00389. The molecular formula is C14H22ClN3O2. The van der Waals surface area contributed by atoms with E-state index in [1.54, 1.807) is 0 Å². The van der Waals surface area contributed by atoms with E-state index in [9.17, 15) is 0 Å². The molecule has 112 valence electrons. The van der Waals surface area contributed by atoms with Gasteiger partial charge in [-0.25, -0.2) is 4.98 Å². The Morgan fingerprint density at radius 2 is 2.20 bits per heavy atom. The topological polar surface area (TPSA) is 47.5 Å². The minimum absolute atomic E-state index is 0.0130. The van der Waals surface area contributed by atoms with Crippen LogP contribution in [0.15, 0.2) is 6.07 Å². The molecule has 0 aliphatic carbocycles. The highest BCUT2D eigenvalue weighted by molar-refractivity contribution is 6.18. The van der Waals surface area contributed by atoms with E-state index in [2.05, 4.69) is 14.9 Å². The second-order valence-corrected chi connectivity index (χ2v) is 5.75. The van der Waals surface area contributed by atoms with Crippen molar-refractivity contribution in [3.8, 4) is 5.88 Å². The third kappa shape index (κ3) is 3.96. The summed E-state index contributed by atoms with van der Waals surface area (Å²) in [6.45, 7) is 9.42. The second kappa shape index (κ2) is 6.59. The predicted octanol–water partition coefficient (Wildman–Crippen LogP) is 2.40. The highest BCUT2D eigenvalue weighted by atomic mass is 35.5. The molecule has 0 saturated carbocycles. The Hall–Kier alpha value is -1.07. The number of nitrogens with zero attached hydrogens (tertiary/aromatic N) is 3. The Morgan fingerprint density at radius 3 is 2.85 bits per heavy atom. The van der Waals surface area contributed by atoms with Crippen LogP contribution in [0.25, 0.3) is 0 Å². The number of aromatic nitrogens is 2. The van der Waals surface area contributed by atoms with Gasteiger partial charge in [-0.15, -0.1) is 11.6 Å². The summed E-state index contributed by atoms with van der Waals surface area (Å²) >= 11 is 5.91. The van der Waals surface area contributed by atoms with Crippen molar-refractivity contribution in [2.24, 2.45) is 0 Å². The van der Waals surface area contributed by atoms with E-state index >= 15 is 0 Å². The van der Waals surface area contributed by atoms with Crippen LogP contribution >= 0.6 is 11.6 Å². The SMILES string of the molecule is Cc1cc(OC(C)C)nc(N2CC(C)OC(CCl)C2)n1. The van der Waals surface area contributed by atoms with E-state index in [-0.39, 0.29) is 18.3 Å². The van der Waals surface area contributed by atoms with Crippen LogP contribution in [-0.4, -0.2) is 47.2 Å². The maximum absolute atomic E-state index is 5.91. The van der Waals surface area contributed by atoms with Crippen molar-refractivity contribution in [3.05, 3.63) is 11.8 Å². The highest BCUT2D eigenvalue weighted by Gasteiger charge is 2.26. The molecule has 0 aromatic carbocycles. The van der Waals surface area contributed by atoms with Crippen LogP contribution in [0, 0.1) is 6.92 Å². The first-order valence-corrected chi connectivity index (χ1v) is 7.50. The molecule has 2 heterocycles. The summed E-state index contributed by atoms with van der Waals surface area (Å²) in [5.41, 5.74) is 0.896. The molecule has 2 unspecified atom stereocenters. The van der Waals surface area contributed by atoms with Gasteiger partial charge in [0.1, 0.15) is 0 Å². The lowest BCUT2D eigenvalue weighted by Crippen LogP contribution is -2.48. The average molecular weight is 300 g/mol. The van der Waals surface area contributed by atoms with Crippen molar-refractivity contribution in [3.63, 3.8) is 0 Å². The van der Waals surface area contributed by atoms with Gasteiger partial charge in [-0.2, -0.15) is 4.98 Å². The molecular weight excluding hydrogens is 278 g/mol. The molecule has 20 heavy (non-hydrogen) atoms. The Labute approximate surface area is 125 Å². The van der Waals surface area contributed by atoms with Crippen LogP contribution in [0.5, 0.6) is 5.88 Å². The zero-order valence-corrected chi connectivity index (χ0v) is 13.2. The first-order valence-electron chi connectivity index (χ1n) is 6.96. The van der Waals surface area contributed by atoms with Gasteiger partial charge in [0.2, 0.25) is 11.8 Å². The molecule has 1 aromatic heterocycles. The lowest BCUT2D eigenvalue weighted by atomic mass is 10.2. The van der Waals surface area contributed by atoms with Gasteiger partial charge in [-0.05, 0) is 27.7 Å². The highest BCUT2D eigenvalue weighted by Crippen LogP contribution is 2.21. The summed E-state index contributed by atoms with van der Waals surface area (Å²) in [6, 6.07) is 1.85. The normalized spacial score (nSPS) is 23.2. The fourth-order valence-electron chi connectivity index (χ4n) is 2.26. The zero-order chi connectivity index (χ0) is 14.7. The fourth-order valence-corrected chi connectivity index (χ4v) is 2.43. The molecule has 2 atom stereocenters. The summed E-state index contributed by atoms with van der Waals surface area (Å²) in [6.07, 6.45) is 0.224. The Bertz CT molecular complexity index is 456. The number of rotatable bonds is 4. The minimum atomic E-state index is 0.0130. The first kappa shape index (κ1) is 15.3. The van der Waals surface area contributed by atoms with Crippen molar-refractivity contribution in [1.29, 1.82) is 0 Å². The van der Waals surface area contributed by atoms with E-state index in [4.69, 9.17) is 21.1 Å². The van der Waals surface area contributed by atoms with Crippen molar-refractivity contribution in [2.75, 3.05) is 23.9 Å². The van der Waals surface area contributed by atoms with Gasteiger partial charge < -0.3 is 14.4 Å². The second-order valence-electron chi connectivity index (χ2n) is 5.44. The molecule has 0 spiro atoms. The molecule has 1 aliphatic heterocycles. The van der Waals surface area contributed by atoms with E-state index in [0.717, 1.165) is 12.2 Å². The largest absolute Gasteiger partial charge is 0.475 e. The molecule has 0 radical (unpaired) electrons. The van der Waals surface area contributed by atoms with Gasteiger partial charge in [-0.3, -0.25) is 0 Å². The van der Waals surface area contributed by atoms with Crippen LogP contribution < -0.4 is 9.64 Å². The third-order valence-electron chi connectivity index (χ3n) is 2.96. The quantitative estimate of drug-likeness (QED) is 0.799. The van der Waals surface area contributed by atoms with E-state index in [1.807, 2.05) is 33.8 Å². The smallest absolute Gasteiger partial charge is 0.229 e. The Balaban J connectivity index is 2.20. The maximum atomic E-state index is 5.91. The zero-order valence-electron chi connectivity index (χ0n) is 12.5. The number of aryl methyl sites for hydroxylation is 1. The standard InChI is InChI=1S/C14H22ClN3O2/c1-9(2)19-13-5-10(3)16-14(17-13)18-7-11(4)20-12(6-15)8-18/h5,9,11-12H,6-8H2,1-4H3. The number of halogens is 1. The van der Waals surface area contributed by atoms with Gasteiger partial charge in [0.15, 0.2) is 0 Å². The van der Waals surface area contributed by atoms with E-state index < -0.39 is 0 Å². The summed E-state index contributed by atoms with van der Waals surface area (Å²) in [5, 5.41) is 0. The van der Waals surface area contributed by atoms with Crippen molar-refractivity contribution in [2.45, 2.75) is 46.0 Å². The molecule has 0 bridgehead atoms. The lowest BCUT2D eigenvalue weighted by Gasteiger charge is -2.36. The number of hydrogen-bond acceptors (Lipinski definition) is 5.